The Morgan fingerprint density at radius 2 is 2.16 bits per heavy atom. The van der Waals surface area contributed by atoms with Gasteiger partial charge in [0.15, 0.2) is 9.84 Å². The Morgan fingerprint density at radius 3 is 2.74 bits per heavy atom. The van der Waals surface area contributed by atoms with Gasteiger partial charge in [0.1, 0.15) is 10.6 Å². The molecule has 0 fully saturated rings. The molecule has 0 aliphatic rings. The molecule has 0 spiro atoms. The van der Waals surface area contributed by atoms with Crippen molar-refractivity contribution in [2.75, 3.05) is 18.6 Å². The Balaban J connectivity index is 2.42. The summed E-state index contributed by atoms with van der Waals surface area (Å²) < 4.78 is 29.7. The van der Waals surface area contributed by atoms with Gasteiger partial charge < -0.3 is 10.5 Å². The summed E-state index contributed by atoms with van der Waals surface area (Å²) >= 11 is 0. The molecule has 1 aromatic carbocycles. The maximum atomic E-state index is 11.4. The van der Waals surface area contributed by atoms with Gasteiger partial charge in [-0.3, -0.25) is 0 Å². The van der Waals surface area contributed by atoms with Crippen LogP contribution in [0.3, 0.4) is 0 Å². The lowest BCUT2D eigenvalue weighted by atomic mass is 10.2. The summed E-state index contributed by atoms with van der Waals surface area (Å²) in [6.07, 6.45) is 3.91. The van der Waals surface area contributed by atoms with Crippen LogP contribution in [0.5, 0.6) is 5.75 Å². The number of nitrogen functional groups attached to an aromatic ring is 1. The van der Waals surface area contributed by atoms with Crippen molar-refractivity contribution in [3.63, 3.8) is 0 Å². The number of ether oxygens (including phenoxy) is 1. The van der Waals surface area contributed by atoms with E-state index in [1.165, 1.54) is 17.1 Å². The molecule has 6 nitrogen and oxygen atoms in total. The van der Waals surface area contributed by atoms with Crippen molar-refractivity contribution < 1.29 is 13.2 Å². The first-order valence-corrected chi connectivity index (χ1v) is 7.58. The standard InChI is InChI=1S/C12H15N3O3S/c1-3-18-12-6-9(4-5-11(12)13)15-8-10(7-14-15)19(2,16)17/h4-8H,3,13H2,1-2H3. The molecule has 19 heavy (non-hydrogen) atoms. The van der Waals surface area contributed by atoms with Crippen molar-refractivity contribution in [2.24, 2.45) is 0 Å². The number of hydrogen-bond donors (Lipinski definition) is 1. The fourth-order valence-electron chi connectivity index (χ4n) is 1.59. The Bertz CT molecular complexity index is 692. The minimum Gasteiger partial charge on any atom is -0.492 e. The average Bonchev–Trinajstić information content (AvgIpc) is 2.81. The first-order valence-electron chi connectivity index (χ1n) is 5.69. The van der Waals surface area contributed by atoms with Gasteiger partial charge in [0, 0.05) is 18.5 Å². The van der Waals surface area contributed by atoms with Crippen LogP contribution in [-0.2, 0) is 9.84 Å². The molecule has 0 atom stereocenters. The number of aromatic nitrogens is 2. The Hall–Kier alpha value is -2.02. The van der Waals surface area contributed by atoms with Crippen LogP contribution in [-0.4, -0.2) is 31.1 Å². The second-order valence-electron chi connectivity index (χ2n) is 4.05. The SMILES string of the molecule is CCOc1cc(-n2cc(S(C)(=O)=O)cn2)ccc1N. The average molecular weight is 281 g/mol. The van der Waals surface area contributed by atoms with E-state index in [0.717, 1.165) is 6.26 Å². The zero-order valence-corrected chi connectivity index (χ0v) is 11.5. The van der Waals surface area contributed by atoms with E-state index in [-0.39, 0.29) is 4.90 Å². The van der Waals surface area contributed by atoms with Crippen LogP contribution < -0.4 is 10.5 Å². The van der Waals surface area contributed by atoms with Crippen LogP contribution in [0.25, 0.3) is 5.69 Å². The number of sulfone groups is 1. The fourth-order valence-corrected chi connectivity index (χ4v) is 2.11. The van der Waals surface area contributed by atoms with Crippen molar-refractivity contribution >= 4 is 15.5 Å². The summed E-state index contributed by atoms with van der Waals surface area (Å²) in [5.74, 6) is 0.552. The van der Waals surface area contributed by atoms with E-state index in [0.29, 0.717) is 23.7 Å². The maximum Gasteiger partial charge on any atom is 0.178 e. The first kappa shape index (κ1) is 13.4. The zero-order chi connectivity index (χ0) is 14.0. The summed E-state index contributed by atoms with van der Waals surface area (Å²) in [6, 6.07) is 5.16. The third-order valence-electron chi connectivity index (χ3n) is 2.55. The van der Waals surface area contributed by atoms with Crippen LogP contribution in [0.15, 0.2) is 35.5 Å². The summed E-state index contributed by atoms with van der Waals surface area (Å²) in [5, 5.41) is 4.02. The lowest BCUT2D eigenvalue weighted by molar-refractivity contribution is 0.342. The molecular weight excluding hydrogens is 266 g/mol. The van der Waals surface area contributed by atoms with Crippen LogP contribution in [0.1, 0.15) is 6.92 Å². The Labute approximate surface area is 111 Å². The molecule has 0 unspecified atom stereocenters. The molecule has 7 heteroatoms. The van der Waals surface area contributed by atoms with Crippen LogP contribution in [0.2, 0.25) is 0 Å². The third-order valence-corrected chi connectivity index (χ3v) is 3.62. The van der Waals surface area contributed by atoms with Crippen molar-refractivity contribution in [3.8, 4) is 11.4 Å². The van der Waals surface area contributed by atoms with Crippen LogP contribution in [0.4, 0.5) is 5.69 Å². The van der Waals surface area contributed by atoms with E-state index < -0.39 is 9.84 Å². The summed E-state index contributed by atoms with van der Waals surface area (Å²) in [7, 11) is -3.26. The van der Waals surface area contributed by atoms with Crippen molar-refractivity contribution in [2.45, 2.75) is 11.8 Å². The normalized spacial score (nSPS) is 11.5. The predicted octanol–water partition coefficient (Wildman–Crippen LogP) is 1.26. The molecule has 2 aromatic rings. The Kier molecular flexibility index (Phi) is 3.48. The van der Waals surface area contributed by atoms with Gasteiger partial charge in [-0.05, 0) is 19.1 Å². The largest absolute Gasteiger partial charge is 0.492 e. The molecule has 0 saturated heterocycles. The molecule has 0 bridgehead atoms. The van der Waals surface area contributed by atoms with Crippen LogP contribution >= 0.6 is 0 Å². The number of hydrogen-bond acceptors (Lipinski definition) is 5. The van der Waals surface area contributed by atoms with Gasteiger partial charge in [-0.25, -0.2) is 13.1 Å². The van der Waals surface area contributed by atoms with Gasteiger partial charge in [0.05, 0.1) is 24.2 Å². The minimum atomic E-state index is -3.26. The summed E-state index contributed by atoms with van der Waals surface area (Å²) in [6.45, 7) is 2.36. The fraction of sp³-hybridized carbons (Fsp3) is 0.250. The van der Waals surface area contributed by atoms with Gasteiger partial charge in [-0.1, -0.05) is 0 Å². The molecular formula is C12H15N3O3S. The van der Waals surface area contributed by atoms with E-state index in [2.05, 4.69) is 5.10 Å². The summed E-state index contributed by atoms with van der Waals surface area (Å²) in [4.78, 5) is 0.169. The van der Waals surface area contributed by atoms with Gasteiger partial charge in [0.25, 0.3) is 0 Å². The van der Waals surface area contributed by atoms with E-state index in [4.69, 9.17) is 10.5 Å². The number of rotatable bonds is 4. The molecule has 1 aromatic heterocycles. The topological polar surface area (TPSA) is 87.2 Å². The minimum absolute atomic E-state index is 0.169. The second kappa shape index (κ2) is 4.93. The highest BCUT2D eigenvalue weighted by Crippen LogP contribution is 2.25. The number of nitrogens with zero attached hydrogens (tertiary/aromatic N) is 2. The highest BCUT2D eigenvalue weighted by Gasteiger charge is 2.11. The smallest absolute Gasteiger partial charge is 0.178 e. The molecule has 0 aliphatic carbocycles. The molecule has 2 N–H and O–H groups in total. The van der Waals surface area contributed by atoms with E-state index in [9.17, 15) is 8.42 Å². The highest BCUT2D eigenvalue weighted by atomic mass is 32.2. The molecule has 0 amide bonds. The highest BCUT2D eigenvalue weighted by molar-refractivity contribution is 7.90. The lowest BCUT2D eigenvalue weighted by Gasteiger charge is -2.09. The summed E-state index contributed by atoms with van der Waals surface area (Å²) in [5.41, 5.74) is 6.99. The van der Waals surface area contributed by atoms with Gasteiger partial charge in [0.2, 0.25) is 0 Å². The monoisotopic (exact) mass is 281 g/mol. The van der Waals surface area contributed by atoms with Crippen molar-refractivity contribution in [1.82, 2.24) is 9.78 Å². The van der Waals surface area contributed by atoms with E-state index >= 15 is 0 Å². The van der Waals surface area contributed by atoms with E-state index in [1.54, 1.807) is 18.2 Å². The second-order valence-corrected chi connectivity index (χ2v) is 6.06. The molecule has 1 heterocycles. The van der Waals surface area contributed by atoms with Gasteiger partial charge >= 0.3 is 0 Å². The van der Waals surface area contributed by atoms with Crippen LogP contribution in [0, 0.1) is 0 Å². The third kappa shape index (κ3) is 2.87. The Morgan fingerprint density at radius 1 is 1.42 bits per heavy atom. The number of anilines is 1. The molecule has 2 rings (SSSR count). The lowest BCUT2D eigenvalue weighted by Crippen LogP contribution is -2.00. The number of benzene rings is 1. The number of nitrogens with two attached hydrogens (primary N) is 1. The van der Waals surface area contributed by atoms with Gasteiger partial charge in [-0.2, -0.15) is 5.10 Å². The maximum absolute atomic E-state index is 11.4. The van der Waals surface area contributed by atoms with E-state index in [1.807, 2.05) is 6.92 Å². The predicted molar refractivity (Wildman–Crippen MR) is 72.3 cm³/mol. The quantitative estimate of drug-likeness (QED) is 0.852. The van der Waals surface area contributed by atoms with Crippen molar-refractivity contribution in [3.05, 3.63) is 30.6 Å². The zero-order valence-electron chi connectivity index (χ0n) is 10.7. The van der Waals surface area contributed by atoms with Gasteiger partial charge in [-0.15, -0.1) is 0 Å². The molecule has 0 radical (unpaired) electrons. The molecule has 0 saturated carbocycles. The molecule has 0 aliphatic heterocycles. The van der Waals surface area contributed by atoms with Crippen molar-refractivity contribution in [1.29, 1.82) is 0 Å². The first-order chi connectivity index (χ1) is 8.91. The molecule has 102 valence electrons.